The predicted molar refractivity (Wildman–Crippen MR) is 143 cm³/mol. The maximum absolute atomic E-state index is 14.1. The van der Waals surface area contributed by atoms with E-state index >= 15 is 0 Å². The number of rotatable bonds is 8. The Bertz CT molecular complexity index is 1070. The molecule has 0 bridgehead atoms. The van der Waals surface area contributed by atoms with Crippen LogP contribution >= 0.6 is 24.0 Å². The second-order valence-corrected chi connectivity index (χ2v) is 7.82. The number of guanidine groups is 1. The minimum absolute atomic E-state index is 0. The van der Waals surface area contributed by atoms with Gasteiger partial charge in [-0.1, -0.05) is 36.4 Å². The first-order valence-electron chi connectivity index (χ1n) is 11.2. The number of hydrogen-bond donors (Lipinski definition) is 2. The third-order valence-corrected chi connectivity index (χ3v) is 5.39. The number of hydrogen-bond acceptors (Lipinski definition) is 5. The SMILES string of the molecule is CCNC(=NCc1cccnc1OCc1ccccc1)NC1CCN(c2ncccc2F)C1.I. The van der Waals surface area contributed by atoms with Gasteiger partial charge in [0.15, 0.2) is 17.6 Å². The van der Waals surface area contributed by atoms with Gasteiger partial charge in [-0.25, -0.2) is 19.4 Å². The minimum Gasteiger partial charge on any atom is -0.473 e. The number of nitrogens with zero attached hydrogens (tertiary/aromatic N) is 4. The highest BCUT2D eigenvalue weighted by Crippen LogP contribution is 2.21. The fraction of sp³-hybridized carbons (Fsp3) is 0.320. The van der Waals surface area contributed by atoms with Crippen LogP contribution in [0.3, 0.4) is 0 Å². The second-order valence-electron chi connectivity index (χ2n) is 7.82. The van der Waals surface area contributed by atoms with Gasteiger partial charge in [0.25, 0.3) is 0 Å². The number of nitrogens with one attached hydrogen (secondary N) is 2. The molecule has 2 N–H and O–H groups in total. The molecule has 9 heteroatoms. The van der Waals surface area contributed by atoms with Crippen LogP contribution in [0.15, 0.2) is 72.0 Å². The van der Waals surface area contributed by atoms with Crippen LogP contribution in [-0.2, 0) is 13.2 Å². The van der Waals surface area contributed by atoms with Gasteiger partial charge in [-0.2, -0.15) is 0 Å². The van der Waals surface area contributed by atoms with E-state index in [-0.39, 0.29) is 35.8 Å². The van der Waals surface area contributed by atoms with Crippen molar-refractivity contribution in [3.8, 4) is 5.88 Å². The second kappa shape index (κ2) is 13.1. The summed E-state index contributed by atoms with van der Waals surface area (Å²) in [6.07, 6.45) is 4.22. The third-order valence-electron chi connectivity index (χ3n) is 5.39. The molecule has 4 rings (SSSR count). The zero-order valence-corrected chi connectivity index (χ0v) is 21.5. The Balaban J connectivity index is 0.00000324. The topological polar surface area (TPSA) is 74.7 Å². The van der Waals surface area contributed by atoms with Crippen molar-refractivity contribution in [2.75, 3.05) is 24.5 Å². The lowest BCUT2D eigenvalue weighted by molar-refractivity contribution is 0.290. The lowest BCUT2D eigenvalue weighted by atomic mass is 10.2. The van der Waals surface area contributed by atoms with Gasteiger partial charge in [0, 0.05) is 43.6 Å². The van der Waals surface area contributed by atoms with E-state index in [4.69, 9.17) is 9.73 Å². The Morgan fingerprint density at radius 1 is 1.12 bits per heavy atom. The van der Waals surface area contributed by atoms with Gasteiger partial charge in [0.2, 0.25) is 5.88 Å². The van der Waals surface area contributed by atoms with Crippen molar-refractivity contribution in [3.05, 3.63) is 83.9 Å². The molecule has 0 saturated carbocycles. The molecule has 3 aromatic rings. The molecule has 1 aliphatic rings. The highest BCUT2D eigenvalue weighted by Gasteiger charge is 2.26. The zero-order valence-electron chi connectivity index (χ0n) is 19.2. The van der Waals surface area contributed by atoms with Crippen molar-refractivity contribution in [2.45, 2.75) is 32.5 Å². The van der Waals surface area contributed by atoms with E-state index < -0.39 is 0 Å². The van der Waals surface area contributed by atoms with Gasteiger partial charge in [-0.15, -0.1) is 24.0 Å². The molecule has 34 heavy (non-hydrogen) atoms. The number of pyridine rings is 2. The Morgan fingerprint density at radius 3 is 2.71 bits per heavy atom. The quantitative estimate of drug-likeness (QED) is 0.239. The van der Waals surface area contributed by atoms with Crippen molar-refractivity contribution < 1.29 is 9.13 Å². The normalized spacial score (nSPS) is 15.5. The van der Waals surface area contributed by atoms with Gasteiger partial charge in [-0.05, 0) is 37.1 Å². The van der Waals surface area contributed by atoms with E-state index in [2.05, 4.69) is 20.6 Å². The first-order valence-corrected chi connectivity index (χ1v) is 11.2. The summed E-state index contributed by atoms with van der Waals surface area (Å²) in [5.41, 5.74) is 2.00. The molecule has 0 amide bonds. The first kappa shape index (κ1) is 25.7. The molecular weight excluding hydrogens is 546 g/mol. The van der Waals surface area contributed by atoms with Crippen LogP contribution in [0.25, 0.3) is 0 Å². The number of halogens is 2. The van der Waals surface area contributed by atoms with Crippen molar-refractivity contribution in [3.63, 3.8) is 0 Å². The van der Waals surface area contributed by atoms with E-state index in [0.29, 0.717) is 37.4 Å². The summed E-state index contributed by atoms with van der Waals surface area (Å²) < 4.78 is 20.0. The fourth-order valence-corrected chi connectivity index (χ4v) is 3.76. The highest BCUT2D eigenvalue weighted by molar-refractivity contribution is 14.0. The van der Waals surface area contributed by atoms with Crippen molar-refractivity contribution in [1.29, 1.82) is 0 Å². The maximum atomic E-state index is 14.1. The summed E-state index contributed by atoms with van der Waals surface area (Å²) in [5.74, 6) is 1.40. The van der Waals surface area contributed by atoms with Gasteiger partial charge >= 0.3 is 0 Å². The van der Waals surface area contributed by atoms with E-state index in [0.717, 1.165) is 30.6 Å². The number of ether oxygens (including phenoxy) is 1. The average molecular weight is 576 g/mol. The Hall–Kier alpha value is -2.95. The van der Waals surface area contributed by atoms with Crippen LogP contribution in [-0.4, -0.2) is 41.6 Å². The molecule has 0 radical (unpaired) electrons. The molecule has 1 atom stereocenters. The molecule has 1 unspecified atom stereocenters. The molecular formula is C25H30FIN6O. The van der Waals surface area contributed by atoms with Gasteiger partial charge < -0.3 is 20.3 Å². The Morgan fingerprint density at radius 2 is 1.91 bits per heavy atom. The number of anilines is 1. The molecule has 1 fully saturated rings. The first-order chi connectivity index (χ1) is 16.2. The summed E-state index contributed by atoms with van der Waals surface area (Å²) >= 11 is 0. The van der Waals surface area contributed by atoms with Crippen LogP contribution in [0.4, 0.5) is 10.2 Å². The third kappa shape index (κ3) is 7.02. The summed E-state index contributed by atoms with van der Waals surface area (Å²) in [6.45, 7) is 5.05. The molecule has 7 nitrogen and oxygen atoms in total. The summed E-state index contributed by atoms with van der Waals surface area (Å²) in [4.78, 5) is 15.3. The summed E-state index contributed by atoms with van der Waals surface area (Å²) in [6, 6.07) is 17.1. The minimum atomic E-state index is -0.293. The average Bonchev–Trinajstić information content (AvgIpc) is 3.31. The lowest BCUT2D eigenvalue weighted by Crippen LogP contribution is -2.44. The zero-order chi connectivity index (χ0) is 22.9. The smallest absolute Gasteiger partial charge is 0.218 e. The molecule has 2 aromatic heterocycles. The molecule has 0 spiro atoms. The Kier molecular flexibility index (Phi) is 9.87. The number of aliphatic imine (C=N–C) groups is 1. The molecule has 180 valence electrons. The summed E-state index contributed by atoms with van der Waals surface area (Å²) in [7, 11) is 0. The molecule has 0 aliphatic carbocycles. The van der Waals surface area contributed by atoms with E-state index in [1.807, 2.05) is 54.3 Å². The van der Waals surface area contributed by atoms with Crippen LogP contribution < -0.4 is 20.3 Å². The van der Waals surface area contributed by atoms with E-state index in [9.17, 15) is 4.39 Å². The monoisotopic (exact) mass is 576 g/mol. The largest absolute Gasteiger partial charge is 0.473 e. The maximum Gasteiger partial charge on any atom is 0.218 e. The van der Waals surface area contributed by atoms with Gasteiger partial charge in [-0.3, -0.25) is 0 Å². The van der Waals surface area contributed by atoms with Crippen LogP contribution in [0.2, 0.25) is 0 Å². The van der Waals surface area contributed by atoms with Crippen LogP contribution in [0, 0.1) is 5.82 Å². The van der Waals surface area contributed by atoms with Crippen molar-refractivity contribution in [1.82, 2.24) is 20.6 Å². The van der Waals surface area contributed by atoms with Crippen molar-refractivity contribution in [2.24, 2.45) is 4.99 Å². The molecule has 1 aromatic carbocycles. The standard InChI is InChI=1S/C25H29FN6O.HI/c1-2-27-25(31-21-12-15-32(17-21)23-22(26)11-7-13-28-23)30-16-20-10-6-14-29-24(20)33-18-19-8-4-3-5-9-19;/h3-11,13-14,21H,2,12,15-18H2,1H3,(H2,27,30,31);1H. The molecule has 3 heterocycles. The van der Waals surface area contributed by atoms with Gasteiger partial charge in [0.05, 0.1) is 6.54 Å². The lowest BCUT2D eigenvalue weighted by Gasteiger charge is -2.20. The van der Waals surface area contributed by atoms with E-state index in [1.54, 1.807) is 18.5 Å². The Labute approximate surface area is 216 Å². The number of benzene rings is 1. The predicted octanol–water partition coefficient (Wildman–Crippen LogP) is 4.15. The van der Waals surface area contributed by atoms with Crippen LogP contribution in [0.5, 0.6) is 5.88 Å². The molecule has 1 saturated heterocycles. The van der Waals surface area contributed by atoms with E-state index in [1.165, 1.54) is 6.07 Å². The van der Waals surface area contributed by atoms with Crippen LogP contribution in [0.1, 0.15) is 24.5 Å². The number of aromatic nitrogens is 2. The summed E-state index contributed by atoms with van der Waals surface area (Å²) in [5, 5.41) is 6.76. The highest BCUT2D eigenvalue weighted by atomic mass is 127. The fourth-order valence-electron chi connectivity index (χ4n) is 3.76. The molecule has 1 aliphatic heterocycles. The van der Waals surface area contributed by atoms with Gasteiger partial charge in [0.1, 0.15) is 6.61 Å². The van der Waals surface area contributed by atoms with Crippen molar-refractivity contribution >= 4 is 35.8 Å².